The third-order valence-corrected chi connectivity index (χ3v) is 2.57. The summed E-state index contributed by atoms with van der Waals surface area (Å²) in [6.07, 6.45) is 4.00. The minimum atomic E-state index is 0.393. The van der Waals surface area contributed by atoms with Crippen LogP contribution in [0.5, 0.6) is 11.5 Å². The minimum absolute atomic E-state index is 0.393. The second kappa shape index (κ2) is 6.84. The Bertz CT molecular complexity index is 341. The van der Waals surface area contributed by atoms with E-state index in [1.54, 1.807) is 14.2 Å². The van der Waals surface area contributed by atoms with Crippen LogP contribution >= 0.6 is 0 Å². The first-order valence-electron chi connectivity index (χ1n) is 5.80. The monoisotopic (exact) mass is 235 g/mol. The molecular formula is C14H21NO2. The van der Waals surface area contributed by atoms with Crippen LogP contribution in [0.25, 0.3) is 0 Å². The maximum atomic E-state index is 5.22. The highest BCUT2D eigenvalue weighted by molar-refractivity contribution is 5.54. The smallest absolute Gasteiger partial charge is 0.124 e. The van der Waals surface area contributed by atoms with Gasteiger partial charge >= 0.3 is 0 Å². The van der Waals surface area contributed by atoms with Gasteiger partial charge in [0.05, 0.1) is 14.2 Å². The molecule has 0 saturated carbocycles. The Kier molecular flexibility index (Phi) is 5.40. The Hall–Kier alpha value is -1.64. The van der Waals surface area contributed by atoms with Gasteiger partial charge in [0, 0.05) is 29.9 Å². The quantitative estimate of drug-likeness (QED) is 0.734. The van der Waals surface area contributed by atoms with Crippen LogP contribution in [0, 0.1) is 0 Å². The molecule has 1 aromatic carbocycles. The lowest BCUT2D eigenvalue weighted by Gasteiger charge is -2.16. The number of rotatable bonds is 7. The predicted molar refractivity (Wildman–Crippen MR) is 72.1 cm³/mol. The molecule has 17 heavy (non-hydrogen) atoms. The van der Waals surface area contributed by atoms with Crippen molar-refractivity contribution in [3.8, 4) is 11.5 Å². The lowest BCUT2D eigenvalue weighted by molar-refractivity contribution is 0.394. The first kappa shape index (κ1) is 13.4. The molecule has 0 amide bonds. The van der Waals surface area contributed by atoms with Crippen molar-refractivity contribution in [1.82, 2.24) is 0 Å². The summed E-state index contributed by atoms with van der Waals surface area (Å²) in [5.74, 6) is 1.59. The first-order chi connectivity index (χ1) is 8.19. The van der Waals surface area contributed by atoms with Gasteiger partial charge in [0.1, 0.15) is 11.5 Å². The van der Waals surface area contributed by atoms with E-state index in [0.29, 0.717) is 6.04 Å². The molecule has 94 valence electrons. The highest BCUT2D eigenvalue weighted by atomic mass is 16.5. The number of methoxy groups -OCH3 is 2. The second-order valence-corrected chi connectivity index (χ2v) is 4.01. The van der Waals surface area contributed by atoms with Gasteiger partial charge in [0.15, 0.2) is 0 Å². The predicted octanol–water partition coefficient (Wildman–Crippen LogP) is 3.47. The first-order valence-corrected chi connectivity index (χ1v) is 5.80. The fraction of sp³-hybridized carbons (Fsp3) is 0.429. The third kappa shape index (κ3) is 4.39. The summed E-state index contributed by atoms with van der Waals surface area (Å²) in [4.78, 5) is 0. The number of anilines is 1. The zero-order chi connectivity index (χ0) is 12.7. The van der Waals surface area contributed by atoms with E-state index >= 15 is 0 Å². The number of ether oxygens (including phenoxy) is 2. The fourth-order valence-electron chi connectivity index (χ4n) is 1.62. The zero-order valence-corrected chi connectivity index (χ0v) is 10.8. The van der Waals surface area contributed by atoms with Gasteiger partial charge in [0.25, 0.3) is 0 Å². The van der Waals surface area contributed by atoms with E-state index in [9.17, 15) is 0 Å². The van der Waals surface area contributed by atoms with Crippen LogP contribution in [0.2, 0.25) is 0 Å². The summed E-state index contributed by atoms with van der Waals surface area (Å²) in [6.45, 7) is 5.87. The molecule has 1 N–H and O–H groups in total. The minimum Gasteiger partial charge on any atom is -0.497 e. The van der Waals surface area contributed by atoms with E-state index in [4.69, 9.17) is 9.47 Å². The zero-order valence-electron chi connectivity index (χ0n) is 10.8. The van der Waals surface area contributed by atoms with Gasteiger partial charge in [-0.3, -0.25) is 0 Å². The Morgan fingerprint density at radius 2 is 1.82 bits per heavy atom. The average molecular weight is 235 g/mol. The fourth-order valence-corrected chi connectivity index (χ4v) is 1.62. The molecule has 0 aliphatic heterocycles. The van der Waals surface area contributed by atoms with Gasteiger partial charge in [-0.2, -0.15) is 0 Å². The summed E-state index contributed by atoms with van der Waals surface area (Å²) in [7, 11) is 3.30. The molecular weight excluding hydrogens is 214 g/mol. The van der Waals surface area contributed by atoms with Crippen LogP contribution in [0.15, 0.2) is 30.9 Å². The summed E-state index contributed by atoms with van der Waals surface area (Å²) < 4.78 is 10.4. The second-order valence-electron chi connectivity index (χ2n) is 4.01. The number of nitrogens with one attached hydrogen (secondary N) is 1. The van der Waals surface area contributed by atoms with Gasteiger partial charge in [0.2, 0.25) is 0 Å². The van der Waals surface area contributed by atoms with E-state index in [0.717, 1.165) is 30.0 Å². The van der Waals surface area contributed by atoms with E-state index in [-0.39, 0.29) is 0 Å². The largest absolute Gasteiger partial charge is 0.497 e. The van der Waals surface area contributed by atoms with Crippen molar-refractivity contribution in [3.63, 3.8) is 0 Å². The summed E-state index contributed by atoms with van der Waals surface area (Å²) in [6, 6.07) is 6.18. The van der Waals surface area contributed by atoms with Crippen LogP contribution in [-0.2, 0) is 0 Å². The molecule has 3 heteroatoms. The molecule has 1 rings (SSSR count). The van der Waals surface area contributed by atoms with Crippen molar-refractivity contribution in [1.29, 1.82) is 0 Å². The number of benzene rings is 1. The standard InChI is InChI=1S/C14H21NO2/c1-5-6-7-11(2)15-12-8-13(16-3)10-14(9-12)17-4/h5,8-11,15H,1,6-7H2,2-4H3. The number of hydrogen-bond acceptors (Lipinski definition) is 3. The third-order valence-electron chi connectivity index (χ3n) is 2.57. The van der Waals surface area contributed by atoms with Crippen LogP contribution in [-0.4, -0.2) is 20.3 Å². The molecule has 0 aliphatic rings. The Labute approximate surface area is 103 Å². The van der Waals surface area contributed by atoms with Crippen LogP contribution in [0.4, 0.5) is 5.69 Å². The van der Waals surface area contributed by atoms with Crippen LogP contribution in [0.3, 0.4) is 0 Å². The van der Waals surface area contributed by atoms with E-state index in [2.05, 4.69) is 18.8 Å². The summed E-state index contributed by atoms with van der Waals surface area (Å²) in [5.41, 5.74) is 1.01. The Morgan fingerprint density at radius 1 is 1.24 bits per heavy atom. The van der Waals surface area contributed by atoms with Crippen molar-refractivity contribution in [3.05, 3.63) is 30.9 Å². The number of hydrogen-bond donors (Lipinski definition) is 1. The van der Waals surface area contributed by atoms with Crippen molar-refractivity contribution in [2.75, 3.05) is 19.5 Å². The van der Waals surface area contributed by atoms with Gasteiger partial charge in [-0.1, -0.05) is 6.08 Å². The topological polar surface area (TPSA) is 30.5 Å². The SMILES string of the molecule is C=CCCC(C)Nc1cc(OC)cc(OC)c1. The van der Waals surface area contributed by atoms with Crippen molar-refractivity contribution < 1.29 is 9.47 Å². The molecule has 0 bridgehead atoms. The molecule has 0 radical (unpaired) electrons. The average Bonchev–Trinajstić information content (AvgIpc) is 2.35. The molecule has 0 saturated heterocycles. The van der Waals surface area contributed by atoms with Gasteiger partial charge in [-0.15, -0.1) is 6.58 Å². The molecule has 0 aromatic heterocycles. The molecule has 0 spiro atoms. The van der Waals surface area contributed by atoms with Crippen molar-refractivity contribution in [2.24, 2.45) is 0 Å². The number of allylic oxidation sites excluding steroid dienone is 1. The van der Waals surface area contributed by atoms with E-state index < -0.39 is 0 Å². The van der Waals surface area contributed by atoms with Gasteiger partial charge < -0.3 is 14.8 Å². The van der Waals surface area contributed by atoms with Crippen LogP contribution < -0.4 is 14.8 Å². The van der Waals surface area contributed by atoms with Gasteiger partial charge in [-0.25, -0.2) is 0 Å². The van der Waals surface area contributed by atoms with Crippen LogP contribution in [0.1, 0.15) is 19.8 Å². The molecule has 0 heterocycles. The highest BCUT2D eigenvalue weighted by Crippen LogP contribution is 2.26. The van der Waals surface area contributed by atoms with Crippen molar-refractivity contribution in [2.45, 2.75) is 25.8 Å². The lowest BCUT2D eigenvalue weighted by atomic mass is 10.1. The summed E-state index contributed by atoms with van der Waals surface area (Å²) in [5, 5.41) is 3.42. The Morgan fingerprint density at radius 3 is 2.29 bits per heavy atom. The molecule has 1 atom stereocenters. The van der Waals surface area contributed by atoms with Gasteiger partial charge in [-0.05, 0) is 19.8 Å². The normalized spacial score (nSPS) is 11.7. The van der Waals surface area contributed by atoms with E-state index in [1.807, 2.05) is 24.3 Å². The maximum absolute atomic E-state index is 5.22. The summed E-state index contributed by atoms with van der Waals surface area (Å²) >= 11 is 0. The van der Waals surface area contributed by atoms with E-state index in [1.165, 1.54) is 0 Å². The molecule has 0 aliphatic carbocycles. The molecule has 0 fully saturated rings. The molecule has 1 unspecified atom stereocenters. The maximum Gasteiger partial charge on any atom is 0.124 e. The van der Waals surface area contributed by atoms with Crippen molar-refractivity contribution >= 4 is 5.69 Å². The lowest BCUT2D eigenvalue weighted by Crippen LogP contribution is -2.14. The molecule has 3 nitrogen and oxygen atoms in total. The molecule has 1 aromatic rings. The highest BCUT2D eigenvalue weighted by Gasteiger charge is 2.05. The Balaban J connectivity index is 2.71.